The first-order chi connectivity index (χ1) is 13.3. The minimum Gasteiger partial charge on any atom is -0.322 e. The molecule has 0 spiro atoms. The molecule has 1 aromatic carbocycles. The van der Waals surface area contributed by atoms with Gasteiger partial charge in [-0.05, 0) is 35.9 Å². The van der Waals surface area contributed by atoms with E-state index < -0.39 is 29.8 Å². The van der Waals surface area contributed by atoms with E-state index in [2.05, 4.69) is 5.32 Å². The van der Waals surface area contributed by atoms with E-state index in [-0.39, 0.29) is 23.7 Å². The van der Waals surface area contributed by atoms with E-state index in [4.69, 9.17) is 0 Å². The van der Waals surface area contributed by atoms with Gasteiger partial charge in [0, 0.05) is 12.6 Å². The lowest BCUT2D eigenvalue weighted by atomic mass is 10.1. The second kappa shape index (κ2) is 8.05. The molecule has 0 radical (unpaired) electrons. The van der Waals surface area contributed by atoms with Crippen LogP contribution in [0.1, 0.15) is 20.3 Å². The number of aromatic nitrogens is 2. The van der Waals surface area contributed by atoms with Crippen LogP contribution in [0.5, 0.6) is 0 Å². The number of anilines is 1. The molecule has 2 aromatic heterocycles. The van der Waals surface area contributed by atoms with Gasteiger partial charge in [-0.3, -0.25) is 18.7 Å². The second-order valence-electron chi connectivity index (χ2n) is 6.82. The van der Waals surface area contributed by atoms with Crippen LogP contribution < -0.4 is 16.6 Å². The van der Waals surface area contributed by atoms with Crippen molar-refractivity contribution in [2.24, 2.45) is 5.92 Å². The van der Waals surface area contributed by atoms with E-state index in [0.29, 0.717) is 16.6 Å². The monoisotopic (exact) mass is 407 g/mol. The van der Waals surface area contributed by atoms with Crippen LogP contribution in [0, 0.1) is 17.6 Å². The van der Waals surface area contributed by atoms with Crippen LogP contribution in [-0.4, -0.2) is 15.0 Å². The number of thiophene rings is 1. The standard InChI is InChI=1S/C19H19F2N3O3S/c1-11(2)5-7-23-18(26)17-15(6-8-28-17)24(19(23)27)10-16(25)22-14-9-12(20)3-4-13(14)21/h3-4,6,8-9,11H,5,7,10H2,1-2H3,(H,22,25). The quantitative estimate of drug-likeness (QED) is 0.682. The van der Waals surface area contributed by atoms with Crippen molar-refractivity contribution in [2.75, 3.05) is 5.32 Å². The Morgan fingerprint density at radius 2 is 1.93 bits per heavy atom. The molecule has 3 aromatic rings. The average Bonchev–Trinajstić information content (AvgIpc) is 3.11. The number of rotatable bonds is 6. The Balaban J connectivity index is 1.97. The molecule has 0 saturated carbocycles. The summed E-state index contributed by atoms with van der Waals surface area (Å²) in [5, 5.41) is 3.94. The van der Waals surface area contributed by atoms with Gasteiger partial charge in [0.1, 0.15) is 22.9 Å². The predicted octanol–water partition coefficient (Wildman–Crippen LogP) is 3.19. The Hall–Kier alpha value is -2.81. The van der Waals surface area contributed by atoms with Gasteiger partial charge in [0.05, 0.1) is 11.2 Å². The molecule has 0 bridgehead atoms. The molecular weight excluding hydrogens is 388 g/mol. The Labute approximate surface area is 163 Å². The van der Waals surface area contributed by atoms with Gasteiger partial charge in [-0.2, -0.15) is 0 Å². The summed E-state index contributed by atoms with van der Waals surface area (Å²) in [6, 6.07) is 4.29. The maximum Gasteiger partial charge on any atom is 0.332 e. The van der Waals surface area contributed by atoms with Crippen LogP contribution in [0.2, 0.25) is 0 Å². The van der Waals surface area contributed by atoms with Crippen LogP contribution in [0.15, 0.2) is 39.2 Å². The lowest BCUT2D eigenvalue weighted by Crippen LogP contribution is -2.41. The molecule has 28 heavy (non-hydrogen) atoms. The lowest BCUT2D eigenvalue weighted by molar-refractivity contribution is -0.116. The molecule has 0 saturated heterocycles. The summed E-state index contributed by atoms with van der Waals surface area (Å²) in [7, 11) is 0. The summed E-state index contributed by atoms with van der Waals surface area (Å²) >= 11 is 1.19. The number of fused-ring (bicyclic) bond motifs is 1. The summed E-state index contributed by atoms with van der Waals surface area (Å²) in [6.07, 6.45) is 0.632. The highest BCUT2D eigenvalue weighted by Gasteiger charge is 2.17. The maximum atomic E-state index is 13.8. The van der Waals surface area contributed by atoms with Gasteiger partial charge < -0.3 is 5.32 Å². The first-order valence-electron chi connectivity index (χ1n) is 8.73. The van der Waals surface area contributed by atoms with Crippen LogP contribution in [0.4, 0.5) is 14.5 Å². The highest BCUT2D eigenvalue weighted by molar-refractivity contribution is 7.17. The van der Waals surface area contributed by atoms with E-state index in [1.165, 1.54) is 15.9 Å². The fraction of sp³-hybridized carbons (Fsp3) is 0.316. The topological polar surface area (TPSA) is 73.1 Å². The number of carbonyl (C=O) groups excluding carboxylic acids is 1. The molecule has 2 heterocycles. The summed E-state index contributed by atoms with van der Waals surface area (Å²) < 4.78 is 29.7. The van der Waals surface area contributed by atoms with Crippen molar-refractivity contribution in [1.29, 1.82) is 0 Å². The Morgan fingerprint density at radius 1 is 1.18 bits per heavy atom. The Morgan fingerprint density at radius 3 is 2.64 bits per heavy atom. The zero-order chi connectivity index (χ0) is 20.4. The Bertz CT molecular complexity index is 1150. The third kappa shape index (κ3) is 4.04. The third-order valence-corrected chi connectivity index (χ3v) is 5.16. The zero-order valence-electron chi connectivity index (χ0n) is 15.4. The SMILES string of the molecule is CC(C)CCn1c(=O)c2sccc2n(CC(=O)Nc2cc(F)ccc2F)c1=O. The van der Waals surface area contributed by atoms with E-state index in [1.54, 1.807) is 11.4 Å². The zero-order valence-corrected chi connectivity index (χ0v) is 16.2. The molecule has 0 aliphatic heterocycles. The number of nitrogens with zero attached hydrogens (tertiary/aromatic N) is 2. The third-order valence-electron chi connectivity index (χ3n) is 4.27. The average molecular weight is 407 g/mol. The fourth-order valence-corrected chi connectivity index (χ4v) is 3.64. The summed E-state index contributed by atoms with van der Waals surface area (Å²) in [5.41, 5.74) is -0.960. The van der Waals surface area contributed by atoms with Gasteiger partial charge in [0.15, 0.2) is 0 Å². The second-order valence-corrected chi connectivity index (χ2v) is 7.73. The molecule has 0 fully saturated rings. The van der Waals surface area contributed by atoms with Gasteiger partial charge in [-0.15, -0.1) is 11.3 Å². The number of hydrogen-bond donors (Lipinski definition) is 1. The van der Waals surface area contributed by atoms with E-state index in [0.717, 1.165) is 22.8 Å². The van der Waals surface area contributed by atoms with Crippen molar-refractivity contribution >= 4 is 33.1 Å². The van der Waals surface area contributed by atoms with Gasteiger partial charge in [-0.1, -0.05) is 13.8 Å². The largest absolute Gasteiger partial charge is 0.332 e. The first-order valence-corrected chi connectivity index (χ1v) is 9.61. The molecule has 9 heteroatoms. The van der Waals surface area contributed by atoms with Crippen molar-refractivity contribution in [3.05, 3.63) is 62.1 Å². The number of carbonyl (C=O) groups is 1. The molecule has 0 aliphatic carbocycles. The van der Waals surface area contributed by atoms with Crippen LogP contribution in [-0.2, 0) is 17.9 Å². The molecule has 6 nitrogen and oxygen atoms in total. The number of benzene rings is 1. The van der Waals surface area contributed by atoms with Crippen molar-refractivity contribution in [1.82, 2.24) is 9.13 Å². The van der Waals surface area contributed by atoms with E-state index >= 15 is 0 Å². The number of hydrogen-bond acceptors (Lipinski definition) is 4. The van der Waals surface area contributed by atoms with E-state index in [9.17, 15) is 23.2 Å². The number of nitrogens with one attached hydrogen (secondary N) is 1. The van der Waals surface area contributed by atoms with Crippen molar-refractivity contribution in [3.63, 3.8) is 0 Å². The first kappa shape index (κ1) is 19.9. The molecule has 3 rings (SSSR count). The van der Waals surface area contributed by atoms with Gasteiger partial charge in [0.25, 0.3) is 5.56 Å². The van der Waals surface area contributed by atoms with Crippen LogP contribution >= 0.6 is 11.3 Å². The molecule has 148 valence electrons. The van der Waals surface area contributed by atoms with Crippen molar-refractivity contribution in [2.45, 2.75) is 33.4 Å². The minimum absolute atomic E-state index is 0.239. The van der Waals surface area contributed by atoms with Gasteiger partial charge in [-0.25, -0.2) is 13.6 Å². The minimum atomic E-state index is -0.787. The molecule has 1 amide bonds. The lowest BCUT2D eigenvalue weighted by Gasteiger charge is -2.13. The van der Waals surface area contributed by atoms with Crippen LogP contribution in [0.3, 0.4) is 0 Å². The molecular formula is C19H19F2N3O3S. The summed E-state index contributed by atoms with van der Waals surface area (Å²) in [5.74, 6) is -1.90. The summed E-state index contributed by atoms with van der Waals surface area (Å²) in [6.45, 7) is 3.77. The Kier molecular flexibility index (Phi) is 5.73. The molecule has 0 atom stereocenters. The summed E-state index contributed by atoms with van der Waals surface area (Å²) in [4.78, 5) is 37.8. The molecule has 0 aliphatic rings. The van der Waals surface area contributed by atoms with Gasteiger partial charge in [0.2, 0.25) is 5.91 Å². The van der Waals surface area contributed by atoms with Crippen molar-refractivity contribution < 1.29 is 13.6 Å². The highest BCUT2D eigenvalue weighted by Crippen LogP contribution is 2.17. The molecule has 1 N–H and O–H groups in total. The predicted molar refractivity (Wildman–Crippen MR) is 105 cm³/mol. The molecule has 0 unspecified atom stereocenters. The highest BCUT2D eigenvalue weighted by atomic mass is 32.1. The normalized spacial score (nSPS) is 11.3. The van der Waals surface area contributed by atoms with Crippen molar-refractivity contribution in [3.8, 4) is 0 Å². The van der Waals surface area contributed by atoms with Crippen LogP contribution in [0.25, 0.3) is 10.2 Å². The number of amides is 1. The smallest absolute Gasteiger partial charge is 0.322 e. The fourth-order valence-electron chi connectivity index (χ4n) is 2.80. The maximum absolute atomic E-state index is 13.8. The van der Waals surface area contributed by atoms with E-state index in [1.807, 2.05) is 13.8 Å². The number of halogens is 2. The van der Waals surface area contributed by atoms with Gasteiger partial charge >= 0.3 is 5.69 Å².